The van der Waals surface area contributed by atoms with Gasteiger partial charge in [-0.25, -0.2) is 4.79 Å². The van der Waals surface area contributed by atoms with Crippen LogP contribution in [0.15, 0.2) is 12.1 Å². The molecule has 2 aliphatic rings. The van der Waals surface area contributed by atoms with Crippen molar-refractivity contribution in [3.63, 3.8) is 0 Å². The lowest BCUT2D eigenvalue weighted by atomic mass is 9.84. The van der Waals surface area contributed by atoms with Gasteiger partial charge in [-0.3, -0.25) is 9.59 Å². The summed E-state index contributed by atoms with van der Waals surface area (Å²) in [5, 5.41) is 2.83. The molecule has 2 amide bonds. The summed E-state index contributed by atoms with van der Waals surface area (Å²) in [7, 11) is 1.29. The predicted octanol–water partition coefficient (Wildman–Crippen LogP) is 2.70. The fourth-order valence-electron chi connectivity index (χ4n) is 3.66. The standard InChI is InChI=1S/C20H26N2O5/c1-11(23)22-10-15-12(8-9-27-15)13-6-7-14(21-19(25)20(2,3)4)16(17(13)22)18(24)26-5/h6-7,12,15H,8-10H2,1-5H3,(H,21,25). The van der Waals surface area contributed by atoms with Crippen molar-refractivity contribution in [1.29, 1.82) is 0 Å². The van der Waals surface area contributed by atoms with Gasteiger partial charge in [-0.1, -0.05) is 26.8 Å². The van der Waals surface area contributed by atoms with E-state index in [1.807, 2.05) is 6.07 Å². The minimum atomic E-state index is -0.631. The molecule has 2 atom stereocenters. The third-order valence-electron chi connectivity index (χ3n) is 5.15. The number of ether oxygens (including phenoxy) is 2. The minimum Gasteiger partial charge on any atom is -0.465 e. The normalized spacial score (nSPS) is 21.3. The zero-order valence-corrected chi connectivity index (χ0v) is 16.4. The van der Waals surface area contributed by atoms with E-state index in [-0.39, 0.29) is 29.4 Å². The highest BCUT2D eigenvalue weighted by Gasteiger charge is 2.42. The molecule has 1 aromatic carbocycles. The number of methoxy groups -OCH3 is 1. The van der Waals surface area contributed by atoms with Gasteiger partial charge < -0.3 is 19.7 Å². The van der Waals surface area contributed by atoms with Crippen LogP contribution in [0.25, 0.3) is 0 Å². The van der Waals surface area contributed by atoms with Crippen LogP contribution in [0.5, 0.6) is 0 Å². The molecule has 27 heavy (non-hydrogen) atoms. The lowest BCUT2D eigenvalue weighted by Crippen LogP contribution is -2.43. The Hall–Kier alpha value is -2.41. The number of benzene rings is 1. The molecule has 0 aromatic heterocycles. The average molecular weight is 374 g/mol. The Labute approximate surface area is 159 Å². The first-order chi connectivity index (χ1) is 12.6. The number of esters is 1. The van der Waals surface area contributed by atoms with E-state index in [0.29, 0.717) is 24.5 Å². The van der Waals surface area contributed by atoms with Crippen LogP contribution in [0.4, 0.5) is 11.4 Å². The van der Waals surface area contributed by atoms with Crippen molar-refractivity contribution < 1.29 is 23.9 Å². The molecule has 1 N–H and O–H groups in total. The van der Waals surface area contributed by atoms with Crippen molar-refractivity contribution in [3.8, 4) is 0 Å². The van der Waals surface area contributed by atoms with E-state index < -0.39 is 11.4 Å². The van der Waals surface area contributed by atoms with E-state index in [1.165, 1.54) is 14.0 Å². The van der Waals surface area contributed by atoms with Crippen molar-refractivity contribution in [3.05, 3.63) is 23.3 Å². The van der Waals surface area contributed by atoms with Crippen molar-refractivity contribution >= 4 is 29.2 Å². The number of hydrogen-bond donors (Lipinski definition) is 1. The molecule has 2 aliphatic heterocycles. The monoisotopic (exact) mass is 374 g/mol. The first kappa shape index (κ1) is 19.4. The second kappa shape index (κ2) is 6.96. The smallest absolute Gasteiger partial charge is 0.342 e. The first-order valence-corrected chi connectivity index (χ1v) is 9.11. The summed E-state index contributed by atoms with van der Waals surface area (Å²) in [6, 6.07) is 3.59. The fourth-order valence-corrected chi connectivity index (χ4v) is 3.66. The van der Waals surface area contributed by atoms with E-state index in [9.17, 15) is 14.4 Å². The molecule has 7 nitrogen and oxygen atoms in total. The summed E-state index contributed by atoms with van der Waals surface area (Å²) < 4.78 is 10.8. The highest BCUT2D eigenvalue weighted by Crippen LogP contribution is 2.46. The number of fused-ring (bicyclic) bond motifs is 3. The Morgan fingerprint density at radius 1 is 1.26 bits per heavy atom. The van der Waals surface area contributed by atoms with E-state index in [2.05, 4.69) is 5.32 Å². The van der Waals surface area contributed by atoms with Gasteiger partial charge in [0.25, 0.3) is 0 Å². The number of hydrogen-bond acceptors (Lipinski definition) is 5. The van der Waals surface area contributed by atoms with Crippen LogP contribution in [0.3, 0.4) is 0 Å². The summed E-state index contributed by atoms with van der Waals surface area (Å²) in [4.78, 5) is 39.0. The van der Waals surface area contributed by atoms with Crippen LogP contribution in [-0.2, 0) is 19.1 Å². The van der Waals surface area contributed by atoms with Gasteiger partial charge in [0.1, 0.15) is 5.56 Å². The Morgan fingerprint density at radius 3 is 2.56 bits per heavy atom. The van der Waals surface area contributed by atoms with Crippen LogP contribution < -0.4 is 10.2 Å². The zero-order valence-electron chi connectivity index (χ0n) is 16.4. The molecule has 2 unspecified atom stereocenters. The quantitative estimate of drug-likeness (QED) is 0.805. The molecule has 2 heterocycles. The molecule has 1 fully saturated rings. The second-order valence-corrected chi connectivity index (χ2v) is 8.06. The maximum atomic E-state index is 12.7. The average Bonchev–Trinajstić information content (AvgIpc) is 3.07. The van der Waals surface area contributed by atoms with Crippen molar-refractivity contribution in [2.24, 2.45) is 5.41 Å². The maximum absolute atomic E-state index is 12.7. The van der Waals surface area contributed by atoms with Crippen LogP contribution in [-0.4, -0.2) is 44.1 Å². The third kappa shape index (κ3) is 3.43. The van der Waals surface area contributed by atoms with Crippen LogP contribution in [0.1, 0.15) is 56.0 Å². The third-order valence-corrected chi connectivity index (χ3v) is 5.15. The predicted molar refractivity (Wildman–Crippen MR) is 101 cm³/mol. The van der Waals surface area contributed by atoms with Crippen molar-refractivity contribution in [2.45, 2.75) is 46.1 Å². The van der Waals surface area contributed by atoms with Crippen molar-refractivity contribution in [2.75, 3.05) is 30.5 Å². The minimum absolute atomic E-state index is 0.0816. The van der Waals surface area contributed by atoms with Gasteiger partial charge in [-0.2, -0.15) is 0 Å². The topological polar surface area (TPSA) is 84.9 Å². The zero-order chi connectivity index (χ0) is 19.9. The Balaban J connectivity index is 2.18. The molecule has 0 bridgehead atoms. The summed E-state index contributed by atoms with van der Waals surface area (Å²) in [6.07, 6.45) is 0.750. The molecular formula is C20H26N2O5. The number of amides is 2. The highest BCUT2D eigenvalue weighted by atomic mass is 16.5. The van der Waals surface area contributed by atoms with E-state index in [1.54, 1.807) is 31.7 Å². The van der Waals surface area contributed by atoms with Gasteiger partial charge >= 0.3 is 5.97 Å². The first-order valence-electron chi connectivity index (χ1n) is 9.11. The van der Waals surface area contributed by atoms with Crippen molar-refractivity contribution in [1.82, 2.24) is 0 Å². The Kier molecular flexibility index (Phi) is 4.99. The number of anilines is 2. The summed E-state index contributed by atoms with van der Waals surface area (Å²) in [6.45, 7) is 7.84. The van der Waals surface area contributed by atoms with Gasteiger partial charge in [-0.05, 0) is 18.1 Å². The molecule has 3 rings (SSSR count). The van der Waals surface area contributed by atoms with Gasteiger partial charge in [0.15, 0.2) is 0 Å². The maximum Gasteiger partial charge on any atom is 0.342 e. The SMILES string of the molecule is COC(=O)c1c(NC(=O)C(C)(C)C)ccc2c1N(C(C)=O)CC1OCCC21. The number of carbonyl (C=O) groups is 3. The van der Waals surface area contributed by atoms with Gasteiger partial charge in [0.2, 0.25) is 11.8 Å². The number of nitrogens with zero attached hydrogens (tertiary/aromatic N) is 1. The molecule has 0 aliphatic carbocycles. The lowest BCUT2D eigenvalue weighted by molar-refractivity contribution is -0.123. The Bertz CT molecular complexity index is 796. The second-order valence-electron chi connectivity index (χ2n) is 8.06. The highest BCUT2D eigenvalue weighted by molar-refractivity contribution is 6.10. The molecular weight excluding hydrogens is 348 g/mol. The van der Waals surface area contributed by atoms with E-state index in [4.69, 9.17) is 9.47 Å². The van der Waals surface area contributed by atoms with E-state index >= 15 is 0 Å². The largest absolute Gasteiger partial charge is 0.465 e. The summed E-state index contributed by atoms with van der Waals surface area (Å²) in [5.41, 5.74) is 1.34. The van der Waals surface area contributed by atoms with E-state index in [0.717, 1.165) is 12.0 Å². The molecule has 0 saturated carbocycles. The fraction of sp³-hybridized carbons (Fsp3) is 0.550. The lowest BCUT2D eigenvalue weighted by Gasteiger charge is -2.37. The molecule has 7 heteroatoms. The molecule has 1 saturated heterocycles. The van der Waals surface area contributed by atoms with Crippen LogP contribution >= 0.6 is 0 Å². The van der Waals surface area contributed by atoms with Gasteiger partial charge in [0, 0.05) is 24.9 Å². The van der Waals surface area contributed by atoms with Gasteiger partial charge in [-0.15, -0.1) is 0 Å². The van der Waals surface area contributed by atoms with Gasteiger partial charge in [0.05, 0.1) is 31.1 Å². The number of rotatable bonds is 2. The number of carbonyl (C=O) groups excluding carboxylic acids is 3. The number of nitrogens with one attached hydrogen (secondary N) is 1. The van der Waals surface area contributed by atoms with Crippen LogP contribution in [0, 0.1) is 5.41 Å². The molecule has 0 spiro atoms. The molecule has 0 radical (unpaired) electrons. The molecule has 1 aromatic rings. The summed E-state index contributed by atoms with van der Waals surface area (Å²) >= 11 is 0. The summed E-state index contributed by atoms with van der Waals surface area (Å²) in [5.74, 6) is -0.874. The van der Waals surface area contributed by atoms with Crippen LogP contribution in [0.2, 0.25) is 0 Å². The Morgan fingerprint density at radius 2 is 1.96 bits per heavy atom. The molecule has 146 valence electrons.